The monoisotopic (exact) mass is 380 g/mol. The molecule has 0 aliphatic heterocycles. The molecule has 1 N–H and O–H groups in total. The van der Waals surface area contributed by atoms with Crippen LogP contribution in [0.2, 0.25) is 0 Å². The third kappa shape index (κ3) is 4.82. The van der Waals surface area contributed by atoms with Gasteiger partial charge in [0.25, 0.3) is 0 Å². The van der Waals surface area contributed by atoms with Gasteiger partial charge in [0.15, 0.2) is 5.82 Å². The molecule has 5 nitrogen and oxygen atoms in total. The van der Waals surface area contributed by atoms with Gasteiger partial charge in [-0.3, -0.25) is 4.79 Å². The third-order valence-electron chi connectivity index (χ3n) is 5.08. The number of benzene rings is 1. The number of aryl methyl sites for hydroxylation is 1. The zero-order chi connectivity index (χ0) is 20.4. The summed E-state index contributed by atoms with van der Waals surface area (Å²) in [5.41, 5.74) is -0.676. The molecule has 1 aliphatic rings. The van der Waals surface area contributed by atoms with Crippen LogP contribution in [0.1, 0.15) is 57.3 Å². The molecule has 5 heteroatoms. The molecular weight excluding hydrogens is 352 g/mol. The number of hydrogen-bond donors (Lipinski definition) is 1. The van der Waals surface area contributed by atoms with Gasteiger partial charge in [-0.25, -0.2) is 4.98 Å². The number of rotatable bonds is 2. The van der Waals surface area contributed by atoms with E-state index in [1.807, 2.05) is 68.9 Å². The Labute approximate surface area is 166 Å². The number of esters is 1. The second kappa shape index (κ2) is 7.81. The van der Waals surface area contributed by atoms with E-state index in [-0.39, 0.29) is 17.8 Å². The highest BCUT2D eigenvalue weighted by molar-refractivity contribution is 5.74. The molecule has 0 bridgehead atoms. The Morgan fingerprint density at radius 2 is 2.04 bits per heavy atom. The quantitative estimate of drug-likeness (QED) is 0.640. The van der Waals surface area contributed by atoms with E-state index < -0.39 is 11.2 Å². The summed E-state index contributed by atoms with van der Waals surface area (Å²) >= 11 is 0. The van der Waals surface area contributed by atoms with E-state index >= 15 is 0 Å². The van der Waals surface area contributed by atoms with Crippen LogP contribution in [0.5, 0.6) is 0 Å². The lowest BCUT2D eigenvalue weighted by Crippen LogP contribution is -2.41. The van der Waals surface area contributed by atoms with Crippen LogP contribution >= 0.6 is 0 Å². The highest BCUT2D eigenvalue weighted by Crippen LogP contribution is 2.43. The van der Waals surface area contributed by atoms with Crippen molar-refractivity contribution in [3.63, 3.8) is 0 Å². The molecule has 3 rings (SSSR count). The first-order valence-corrected chi connectivity index (χ1v) is 9.68. The topological polar surface area (TPSA) is 64.3 Å². The van der Waals surface area contributed by atoms with Gasteiger partial charge in [-0.2, -0.15) is 0 Å². The lowest BCUT2D eigenvalue weighted by Gasteiger charge is -2.39. The van der Waals surface area contributed by atoms with Crippen molar-refractivity contribution in [3.8, 4) is 11.8 Å². The van der Waals surface area contributed by atoms with Crippen molar-refractivity contribution < 1.29 is 14.6 Å². The van der Waals surface area contributed by atoms with Gasteiger partial charge in [0.05, 0.1) is 5.92 Å². The molecule has 1 aliphatic carbocycles. The predicted molar refractivity (Wildman–Crippen MR) is 107 cm³/mol. The van der Waals surface area contributed by atoms with Crippen LogP contribution < -0.4 is 0 Å². The number of carbonyl (C=O) groups is 1. The van der Waals surface area contributed by atoms with Gasteiger partial charge in [0.1, 0.15) is 11.2 Å². The van der Waals surface area contributed by atoms with Gasteiger partial charge >= 0.3 is 5.97 Å². The number of aliphatic hydroxyl groups is 1. The Kier molecular flexibility index (Phi) is 5.62. The molecule has 1 unspecified atom stereocenters. The van der Waals surface area contributed by atoms with Crippen molar-refractivity contribution in [2.45, 2.75) is 57.2 Å². The van der Waals surface area contributed by atoms with Crippen LogP contribution in [0.3, 0.4) is 0 Å². The zero-order valence-corrected chi connectivity index (χ0v) is 17.0. The van der Waals surface area contributed by atoms with Crippen molar-refractivity contribution >= 4 is 5.97 Å². The average molecular weight is 380 g/mol. The smallest absolute Gasteiger partial charge is 0.310 e. The molecule has 1 saturated carbocycles. The molecule has 3 atom stereocenters. The summed E-state index contributed by atoms with van der Waals surface area (Å²) in [6.07, 6.45) is 4.84. The Morgan fingerprint density at radius 1 is 1.32 bits per heavy atom. The number of nitrogens with zero attached hydrogens (tertiary/aromatic N) is 2. The molecule has 28 heavy (non-hydrogen) atoms. The van der Waals surface area contributed by atoms with Crippen LogP contribution in [0, 0.1) is 17.8 Å². The first-order chi connectivity index (χ1) is 13.2. The van der Waals surface area contributed by atoms with Gasteiger partial charge in [0, 0.05) is 25.4 Å². The molecule has 0 spiro atoms. The van der Waals surface area contributed by atoms with E-state index in [1.165, 1.54) is 0 Å². The summed E-state index contributed by atoms with van der Waals surface area (Å²) in [6.45, 7) is 5.62. The average Bonchev–Trinajstić information content (AvgIpc) is 3.04. The maximum Gasteiger partial charge on any atom is 0.310 e. The Balaban J connectivity index is 1.88. The molecule has 1 fully saturated rings. The third-order valence-corrected chi connectivity index (χ3v) is 5.08. The number of carbonyl (C=O) groups excluding carboxylic acids is 1. The van der Waals surface area contributed by atoms with E-state index in [1.54, 1.807) is 6.20 Å². The fourth-order valence-corrected chi connectivity index (χ4v) is 3.69. The standard InChI is InChI=1S/C23H28N2O3/c1-22(2,3)28-21(26)18-10-12-23(27,13-11-20-24-14-15-25(20)4)16-19(18)17-8-6-5-7-9-17/h5-9,14-15,18-19,27H,10,12,16H2,1-4H3/t18-,19+,23?/m1/s1. The Bertz CT molecular complexity index is 886. The van der Waals surface area contributed by atoms with Crippen molar-refractivity contribution in [2.24, 2.45) is 13.0 Å². The van der Waals surface area contributed by atoms with Crippen LogP contribution in [0.4, 0.5) is 0 Å². The second-order valence-corrected chi connectivity index (χ2v) is 8.54. The van der Waals surface area contributed by atoms with Crippen molar-refractivity contribution in [1.29, 1.82) is 0 Å². The lowest BCUT2D eigenvalue weighted by atomic mass is 9.69. The normalized spacial score (nSPS) is 24.9. The minimum Gasteiger partial charge on any atom is -0.460 e. The highest BCUT2D eigenvalue weighted by Gasteiger charge is 2.43. The summed E-state index contributed by atoms with van der Waals surface area (Å²) in [6, 6.07) is 9.85. The van der Waals surface area contributed by atoms with Gasteiger partial charge in [0.2, 0.25) is 0 Å². The Morgan fingerprint density at radius 3 is 2.64 bits per heavy atom. The van der Waals surface area contributed by atoms with Crippen molar-refractivity contribution in [3.05, 3.63) is 54.1 Å². The maximum absolute atomic E-state index is 12.8. The van der Waals surface area contributed by atoms with E-state index in [2.05, 4.69) is 16.8 Å². The number of imidazole rings is 1. The van der Waals surface area contributed by atoms with Crippen LogP contribution in [0.25, 0.3) is 0 Å². The molecule has 1 aromatic carbocycles. The van der Waals surface area contributed by atoms with Gasteiger partial charge in [-0.05, 0) is 51.5 Å². The highest BCUT2D eigenvalue weighted by atomic mass is 16.6. The van der Waals surface area contributed by atoms with Crippen molar-refractivity contribution in [1.82, 2.24) is 9.55 Å². The largest absolute Gasteiger partial charge is 0.460 e. The van der Waals surface area contributed by atoms with E-state index in [0.29, 0.717) is 25.1 Å². The number of aromatic nitrogens is 2. The molecule has 0 amide bonds. The minimum absolute atomic E-state index is 0.148. The minimum atomic E-state index is -1.16. The van der Waals surface area contributed by atoms with Crippen LogP contribution in [0.15, 0.2) is 42.7 Å². The van der Waals surface area contributed by atoms with Gasteiger partial charge < -0.3 is 14.4 Å². The molecule has 1 heterocycles. The zero-order valence-electron chi connectivity index (χ0n) is 17.0. The van der Waals surface area contributed by atoms with Crippen molar-refractivity contribution in [2.75, 3.05) is 0 Å². The number of hydrogen-bond acceptors (Lipinski definition) is 4. The fourth-order valence-electron chi connectivity index (χ4n) is 3.69. The lowest BCUT2D eigenvalue weighted by molar-refractivity contribution is -0.163. The summed E-state index contributed by atoms with van der Waals surface area (Å²) in [5.74, 6) is 5.97. The molecule has 1 aromatic heterocycles. The first-order valence-electron chi connectivity index (χ1n) is 9.68. The predicted octanol–water partition coefficient (Wildman–Crippen LogP) is 3.43. The molecule has 148 valence electrons. The van der Waals surface area contributed by atoms with E-state index in [0.717, 1.165) is 5.56 Å². The van der Waals surface area contributed by atoms with Crippen LogP contribution in [-0.4, -0.2) is 31.8 Å². The Hall–Kier alpha value is -2.58. The molecular formula is C23H28N2O3. The summed E-state index contributed by atoms with van der Waals surface area (Å²) < 4.78 is 7.48. The summed E-state index contributed by atoms with van der Waals surface area (Å²) in [7, 11) is 1.87. The van der Waals surface area contributed by atoms with E-state index in [4.69, 9.17) is 4.74 Å². The molecule has 2 aromatic rings. The summed E-state index contributed by atoms with van der Waals surface area (Å²) in [5, 5.41) is 11.2. The van der Waals surface area contributed by atoms with Gasteiger partial charge in [-0.15, -0.1) is 0 Å². The van der Waals surface area contributed by atoms with Crippen LogP contribution in [-0.2, 0) is 16.6 Å². The first kappa shape index (κ1) is 20.2. The SMILES string of the molecule is Cn1ccnc1C#CC1(O)CC[C@@H](C(=O)OC(C)(C)C)[C@H](c2ccccc2)C1. The van der Waals surface area contributed by atoms with E-state index in [9.17, 15) is 9.90 Å². The summed E-state index contributed by atoms with van der Waals surface area (Å²) in [4.78, 5) is 17.0. The van der Waals surface area contributed by atoms with Gasteiger partial charge in [-0.1, -0.05) is 36.3 Å². The fraction of sp³-hybridized carbons (Fsp3) is 0.478. The molecule has 0 saturated heterocycles. The maximum atomic E-state index is 12.8. The number of ether oxygens (including phenoxy) is 1. The second-order valence-electron chi connectivity index (χ2n) is 8.54. The molecule has 0 radical (unpaired) electrons.